The fourth-order valence-corrected chi connectivity index (χ4v) is 24.2. The van der Waals surface area contributed by atoms with Crippen LogP contribution in [0.3, 0.4) is 0 Å². The quantitative estimate of drug-likeness (QED) is 0.0462. The summed E-state index contributed by atoms with van der Waals surface area (Å²) in [6.45, 7) is 20.7. The number of benzene rings is 4. The van der Waals surface area contributed by atoms with Crippen LogP contribution in [0.5, 0.6) is 0 Å². The van der Waals surface area contributed by atoms with Gasteiger partial charge in [-0.15, -0.1) is 0 Å². The highest BCUT2D eigenvalue weighted by atomic mass is 35.5. The standard InChI is InChI=1S/C28H34ClN7O4S.C27H34N6O4S.C26H32N6O3S.C23H27N5O3S/c1-18-12-33(13-18)24-11-26(34-14-28(15-34)16-40-17-28)36-25(30-24)10-22(31-36)23-5-3-4-8-35(23)27(37)20-9-19(29)6-7-21(20)32-41(2,38)39;1-18-6-9-21(30-38(2,35)36)20(15-18)27(34)32-10-4-3-5-24(32)23-16-25-28-22(19-7-8-19)17-26(33(25)29-23)31-11-13-37-14-12-31;1-17-7-10-20(29-36(2,34)35)19(14-17)26(33)31-13-4-3-6-23(31)22-15-24-27-21(18-8-9-18)16-25(32(24)28-22)30-11-5-12-30;1-15-6-9-19(26-32(2,30)31)17(13-15)23(29)27-11-4-3-5-21(27)20-14-22-24-18(16-7-8-16)10-12-28(22)25-20/h6-7,9-11,18,23,32H,3-5,8,12-17H2,1-2H3;6,9,15-17,19,24,30H,3-5,7-8,10-14H2,1-2H3;7,10,14-16,18,23,29H,3-6,8-9,11-13H2,1-2H3;6,9-10,12-14,16,21,26H,3-5,7-8,11H2,1-2H3/t23-;24-;23-;21-/m0000/s1. The first-order valence-electron chi connectivity index (χ1n) is 51.4. The average Bonchev–Trinajstić information content (AvgIpc) is 1.30. The second-order valence-corrected chi connectivity index (χ2v) is 49.7. The van der Waals surface area contributed by atoms with E-state index in [4.69, 9.17) is 61.4 Å². The lowest BCUT2D eigenvalue weighted by Gasteiger charge is -2.55. The van der Waals surface area contributed by atoms with Gasteiger partial charge in [0.25, 0.3) is 23.6 Å². The summed E-state index contributed by atoms with van der Waals surface area (Å²) in [6, 6.07) is 36.0. The predicted octanol–water partition coefficient (Wildman–Crippen LogP) is 14.4. The third-order valence-electron chi connectivity index (χ3n) is 29.8. The number of fused-ring (bicyclic) bond motifs is 4. The molecule has 43 heteroatoms. The van der Waals surface area contributed by atoms with Crippen LogP contribution in [-0.2, 0) is 49.6 Å². The highest BCUT2D eigenvalue weighted by molar-refractivity contribution is 7.92. The Labute approximate surface area is 861 Å². The van der Waals surface area contributed by atoms with Crippen molar-refractivity contribution < 1.29 is 62.3 Å². The number of nitrogens with zero attached hydrogens (tertiary/aromatic N) is 20. The van der Waals surface area contributed by atoms with Gasteiger partial charge in [0, 0.05) is 167 Å². The van der Waals surface area contributed by atoms with E-state index in [2.05, 4.69) is 63.6 Å². The van der Waals surface area contributed by atoms with Crippen molar-refractivity contribution in [2.24, 2.45) is 11.3 Å². The molecule has 3 saturated carbocycles. The normalized spacial score (nSPS) is 20.8. The molecule has 4 N–H and O–H groups in total. The summed E-state index contributed by atoms with van der Waals surface area (Å²) in [5.41, 5.74) is 15.2. The van der Waals surface area contributed by atoms with Gasteiger partial charge < -0.3 is 48.7 Å². The van der Waals surface area contributed by atoms with E-state index in [0.29, 0.717) is 102 Å². The van der Waals surface area contributed by atoms with Crippen LogP contribution in [0.2, 0.25) is 5.02 Å². The van der Waals surface area contributed by atoms with Crippen LogP contribution in [0.25, 0.3) is 22.6 Å². The minimum atomic E-state index is -3.59. The monoisotopic (exact) mass is 2100 g/mol. The second kappa shape index (κ2) is 40.6. The SMILES string of the molecule is CC1CN(c2cc(N3CC4(COC4)C3)n3nc([C@@H]4CCCCN4C(=O)c4cc(Cl)ccc4NS(C)(=O)=O)cc3n2)C1.Cc1ccc(NS(C)(=O)=O)c(C(=O)N2CCCC[C@H]2c2cc3nc(C4CC4)cc(N4CCC4)n3n2)c1.Cc1ccc(NS(C)(=O)=O)c(C(=O)N2CCCC[C@H]2c2cc3nc(C4CC4)cc(N4CCOCC4)n3n2)c1.Cc1ccc(NS(C)(=O)=O)c(C(=O)N2CCCC[C@H]2c2cc3nc(C4CC4)ccn3n2)c1. The van der Waals surface area contributed by atoms with Crippen molar-refractivity contribution in [1.29, 1.82) is 0 Å². The zero-order valence-electron chi connectivity index (χ0n) is 84.2. The molecule has 12 fully saturated rings. The molecule has 0 unspecified atom stereocenters. The third-order valence-corrected chi connectivity index (χ3v) is 32.4. The van der Waals surface area contributed by atoms with E-state index in [1.54, 1.807) is 70.1 Å². The lowest BCUT2D eigenvalue weighted by atomic mass is 9.78. The smallest absolute Gasteiger partial charge is 0.256 e. The number of morpholine rings is 1. The predicted molar refractivity (Wildman–Crippen MR) is 564 cm³/mol. The van der Waals surface area contributed by atoms with Gasteiger partial charge in [0.2, 0.25) is 40.1 Å². The molecule has 12 aliphatic rings. The van der Waals surface area contributed by atoms with Crippen molar-refractivity contribution in [1.82, 2.24) is 78.0 Å². The van der Waals surface area contributed by atoms with Crippen LogP contribution in [-0.4, -0.2) is 265 Å². The maximum atomic E-state index is 14.0. The number of sulfonamides is 4. The first-order valence-corrected chi connectivity index (χ1v) is 59.3. The number of carbonyl (C=O) groups excluding carboxylic acids is 4. The molecule has 12 aromatic rings. The summed E-state index contributed by atoms with van der Waals surface area (Å²) in [7, 11) is -14.2. The Bertz CT molecular complexity index is 7610. The topological polar surface area (TPSA) is 418 Å². The number of amides is 4. The minimum Gasteiger partial charge on any atom is -0.380 e. The van der Waals surface area contributed by atoms with Crippen molar-refractivity contribution in [3.8, 4) is 0 Å². The molecule has 1 spiro atoms. The number of rotatable bonds is 23. The Hall–Kier alpha value is -12.4. The maximum Gasteiger partial charge on any atom is 0.256 e. The fourth-order valence-electron chi connectivity index (χ4n) is 21.8. The number of likely N-dealkylation sites (tertiary alicyclic amines) is 4. The molecule has 38 nitrogen and oxygen atoms in total. The molecule has 0 bridgehead atoms. The summed E-state index contributed by atoms with van der Waals surface area (Å²) in [5.74, 6) is 5.50. The Kier molecular flexibility index (Phi) is 27.8. The van der Waals surface area contributed by atoms with Gasteiger partial charge in [0.1, 0.15) is 23.3 Å². The van der Waals surface area contributed by atoms with Gasteiger partial charge in [-0.3, -0.25) is 38.1 Å². The highest BCUT2D eigenvalue weighted by Crippen LogP contribution is 2.48. The summed E-state index contributed by atoms with van der Waals surface area (Å²) in [4.78, 5) is 91.7. The maximum absolute atomic E-state index is 14.0. The zero-order chi connectivity index (χ0) is 102. The number of hydrogen-bond acceptors (Lipinski definition) is 26. The second-order valence-electron chi connectivity index (χ2n) is 42.3. The van der Waals surface area contributed by atoms with Crippen LogP contribution >= 0.6 is 11.6 Å². The van der Waals surface area contributed by atoms with Crippen molar-refractivity contribution >= 4 is 144 Å². The number of aryl methyl sites for hydroxylation is 3. The molecule has 0 radical (unpaired) electrons. The molecule has 4 amide bonds. The Morgan fingerprint density at radius 2 is 0.707 bits per heavy atom. The Morgan fingerprint density at radius 3 is 1.07 bits per heavy atom. The van der Waals surface area contributed by atoms with Crippen molar-refractivity contribution in [2.45, 2.75) is 192 Å². The van der Waals surface area contributed by atoms with Crippen LogP contribution in [0.1, 0.15) is 269 Å². The van der Waals surface area contributed by atoms with Crippen LogP contribution in [0.15, 0.2) is 128 Å². The van der Waals surface area contributed by atoms with Gasteiger partial charge in [0.05, 0.1) is 149 Å². The Balaban J connectivity index is 0.000000115. The lowest BCUT2D eigenvalue weighted by Crippen LogP contribution is -2.66. The molecule has 778 valence electrons. The molecular formula is C104H127ClN24O14S4. The first kappa shape index (κ1) is 101. The van der Waals surface area contributed by atoms with E-state index >= 15 is 0 Å². The fraction of sp³-hybridized carbons (Fsp3) is 0.500. The summed E-state index contributed by atoms with van der Waals surface area (Å²) in [6.07, 6.45) is 25.2. The van der Waals surface area contributed by atoms with E-state index in [9.17, 15) is 52.8 Å². The van der Waals surface area contributed by atoms with E-state index in [0.717, 1.165) is 283 Å². The van der Waals surface area contributed by atoms with Gasteiger partial charge >= 0.3 is 0 Å². The van der Waals surface area contributed by atoms with E-state index in [-0.39, 0.29) is 64.5 Å². The molecular weight excluding hydrogens is 1970 g/mol. The Morgan fingerprint density at radius 1 is 0.354 bits per heavy atom. The van der Waals surface area contributed by atoms with Crippen LogP contribution in [0, 0.1) is 32.1 Å². The molecule has 9 aliphatic heterocycles. The largest absolute Gasteiger partial charge is 0.380 e. The van der Waals surface area contributed by atoms with E-state index in [1.165, 1.54) is 44.2 Å². The van der Waals surface area contributed by atoms with Crippen molar-refractivity contribution in [3.05, 3.63) is 211 Å². The molecule has 24 rings (SSSR count). The van der Waals surface area contributed by atoms with Crippen LogP contribution < -0.4 is 38.5 Å². The van der Waals surface area contributed by atoms with Gasteiger partial charge in [-0.1, -0.05) is 53.4 Å². The summed E-state index contributed by atoms with van der Waals surface area (Å²) in [5, 5.41) is 20.2. The number of carbonyl (C=O) groups is 4. The average molecular weight is 2100 g/mol. The number of hydrogen-bond donors (Lipinski definition) is 4. The number of piperidine rings is 4. The van der Waals surface area contributed by atoms with Gasteiger partial charge in [0.15, 0.2) is 22.6 Å². The number of aromatic nitrogens is 12. The molecule has 4 atom stereocenters. The number of halogens is 1. The van der Waals surface area contributed by atoms with Crippen molar-refractivity contribution in [3.63, 3.8) is 0 Å². The minimum absolute atomic E-state index is 0.172. The molecule has 9 saturated heterocycles. The third kappa shape index (κ3) is 22.4. The molecule has 147 heavy (non-hydrogen) atoms. The first-order chi connectivity index (χ1) is 70.4. The van der Waals surface area contributed by atoms with Gasteiger partial charge in [-0.25, -0.2) is 58.1 Å². The summed E-state index contributed by atoms with van der Waals surface area (Å²) < 4.78 is 124. The zero-order valence-corrected chi connectivity index (χ0v) is 88.2. The highest BCUT2D eigenvalue weighted by Gasteiger charge is 2.51. The van der Waals surface area contributed by atoms with E-state index in [1.807, 2.05) is 85.5 Å². The van der Waals surface area contributed by atoms with E-state index < -0.39 is 40.1 Å². The number of anilines is 8. The number of ether oxygens (including phenoxy) is 2. The number of nitrogens with one attached hydrogen (secondary N) is 4. The molecule has 8 aromatic heterocycles. The molecule has 17 heterocycles. The van der Waals surface area contributed by atoms with Crippen molar-refractivity contribution in [2.75, 3.05) is 168 Å². The molecule has 4 aromatic carbocycles. The van der Waals surface area contributed by atoms with Crippen LogP contribution in [0.4, 0.5) is 46.0 Å². The summed E-state index contributed by atoms with van der Waals surface area (Å²) >= 11 is 6.26. The molecule has 3 aliphatic carbocycles. The van der Waals surface area contributed by atoms with Gasteiger partial charge in [-0.2, -0.15) is 33.9 Å². The van der Waals surface area contributed by atoms with Gasteiger partial charge in [-0.05, 0) is 209 Å². The lowest BCUT2D eigenvalue weighted by molar-refractivity contribution is -0.127.